The molecule has 5 nitrogen and oxygen atoms in total. The highest BCUT2D eigenvalue weighted by atomic mass is 16.3. The average Bonchev–Trinajstić information content (AvgIpc) is 2.86. The molecule has 0 saturated carbocycles. The molecule has 0 saturated heterocycles. The highest BCUT2D eigenvalue weighted by Crippen LogP contribution is 2.19. The van der Waals surface area contributed by atoms with Crippen LogP contribution in [0.25, 0.3) is 0 Å². The summed E-state index contributed by atoms with van der Waals surface area (Å²) < 4.78 is 7.50. The van der Waals surface area contributed by atoms with Crippen LogP contribution in [0.15, 0.2) is 22.9 Å². The van der Waals surface area contributed by atoms with Crippen molar-refractivity contribution in [1.82, 2.24) is 20.1 Å². The Labute approximate surface area is 101 Å². The van der Waals surface area contributed by atoms with Crippen LogP contribution in [0.3, 0.4) is 0 Å². The molecule has 2 aromatic heterocycles. The van der Waals surface area contributed by atoms with E-state index in [9.17, 15) is 0 Å². The van der Waals surface area contributed by atoms with Crippen molar-refractivity contribution in [3.63, 3.8) is 0 Å². The molecule has 2 aromatic rings. The third-order valence-electron chi connectivity index (χ3n) is 2.82. The van der Waals surface area contributed by atoms with E-state index in [2.05, 4.69) is 29.4 Å². The summed E-state index contributed by atoms with van der Waals surface area (Å²) >= 11 is 0. The Morgan fingerprint density at radius 3 is 2.59 bits per heavy atom. The molecule has 2 atom stereocenters. The van der Waals surface area contributed by atoms with Crippen LogP contribution >= 0.6 is 0 Å². The monoisotopic (exact) mass is 234 g/mol. The molecular formula is C12H18N4O. The first-order valence-corrected chi connectivity index (χ1v) is 5.74. The first-order valence-electron chi connectivity index (χ1n) is 5.74. The van der Waals surface area contributed by atoms with E-state index in [4.69, 9.17) is 4.42 Å². The SMILES string of the molecule is Cc1ccc(C(C)NC(C)c2nncn2C)o1. The minimum atomic E-state index is 0.128. The number of aromatic nitrogens is 3. The molecule has 0 aromatic carbocycles. The summed E-state index contributed by atoms with van der Waals surface area (Å²) in [5.41, 5.74) is 0. The van der Waals surface area contributed by atoms with Gasteiger partial charge in [-0.05, 0) is 32.9 Å². The highest BCUT2D eigenvalue weighted by molar-refractivity contribution is 5.09. The number of furan rings is 1. The third kappa shape index (κ3) is 2.55. The molecule has 0 aliphatic rings. The molecule has 1 N–H and O–H groups in total. The Bertz CT molecular complexity index is 488. The molecule has 92 valence electrons. The summed E-state index contributed by atoms with van der Waals surface area (Å²) in [5, 5.41) is 11.4. The van der Waals surface area contributed by atoms with Crippen molar-refractivity contribution in [1.29, 1.82) is 0 Å². The molecule has 2 heterocycles. The van der Waals surface area contributed by atoms with Gasteiger partial charge in [-0.15, -0.1) is 10.2 Å². The van der Waals surface area contributed by atoms with E-state index in [0.29, 0.717) is 0 Å². The summed E-state index contributed by atoms with van der Waals surface area (Å²) in [6.45, 7) is 6.09. The molecule has 0 bridgehead atoms. The number of hydrogen-bond acceptors (Lipinski definition) is 4. The number of nitrogens with zero attached hydrogens (tertiary/aromatic N) is 3. The number of aryl methyl sites for hydroxylation is 2. The van der Waals surface area contributed by atoms with Crippen LogP contribution < -0.4 is 5.32 Å². The standard InChI is InChI=1S/C12H18N4O/c1-8-5-6-11(17-8)9(2)14-10(3)12-15-13-7-16(12)4/h5-7,9-10,14H,1-4H3. The molecule has 0 amide bonds. The lowest BCUT2D eigenvalue weighted by Gasteiger charge is -2.17. The predicted octanol–water partition coefficient (Wildman–Crippen LogP) is 2.13. The van der Waals surface area contributed by atoms with Gasteiger partial charge in [0.2, 0.25) is 0 Å². The van der Waals surface area contributed by atoms with E-state index in [1.54, 1.807) is 6.33 Å². The van der Waals surface area contributed by atoms with Gasteiger partial charge in [-0.3, -0.25) is 5.32 Å². The van der Waals surface area contributed by atoms with Crippen LogP contribution in [0.4, 0.5) is 0 Å². The minimum absolute atomic E-state index is 0.128. The van der Waals surface area contributed by atoms with Crippen molar-refractivity contribution in [2.75, 3.05) is 0 Å². The Morgan fingerprint density at radius 2 is 2.06 bits per heavy atom. The van der Waals surface area contributed by atoms with Gasteiger partial charge >= 0.3 is 0 Å². The Morgan fingerprint density at radius 1 is 1.29 bits per heavy atom. The van der Waals surface area contributed by atoms with Gasteiger partial charge in [0.15, 0.2) is 0 Å². The molecule has 5 heteroatoms. The molecule has 0 radical (unpaired) electrons. The Balaban J connectivity index is 2.04. The minimum Gasteiger partial charge on any atom is -0.465 e. The van der Waals surface area contributed by atoms with E-state index in [0.717, 1.165) is 17.3 Å². The highest BCUT2D eigenvalue weighted by Gasteiger charge is 2.16. The number of hydrogen-bond donors (Lipinski definition) is 1. The lowest BCUT2D eigenvalue weighted by Crippen LogP contribution is -2.24. The lowest BCUT2D eigenvalue weighted by molar-refractivity contribution is 0.383. The molecule has 0 aliphatic carbocycles. The van der Waals surface area contributed by atoms with Crippen LogP contribution in [-0.2, 0) is 7.05 Å². The maximum Gasteiger partial charge on any atom is 0.149 e. The summed E-state index contributed by atoms with van der Waals surface area (Å²) in [5.74, 6) is 2.79. The van der Waals surface area contributed by atoms with Crippen molar-refractivity contribution in [3.05, 3.63) is 35.8 Å². The van der Waals surface area contributed by atoms with E-state index < -0.39 is 0 Å². The zero-order valence-electron chi connectivity index (χ0n) is 10.6. The maximum atomic E-state index is 5.59. The van der Waals surface area contributed by atoms with E-state index in [-0.39, 0.29) is 12.1 Å². The number of nitrogens with one attached hydrogen (secondary N) is 1. The zero-order chi connectivity index (χ0) is 12.4. The third-order valence-corrected chi connectivity index (χ3v) is 2.82. The number of rotatable bonds is 4. The summed E-state index contributed by atoms with van der Waals surface area (Å²) in [4.78, 5) is 0. The van der Waals surface area contributed by atoms with Gasteiger partial charge in [-0.1, -0.05) is 0 Å². The molecule has 0 fully saturated rings. The van der Waals surface area contributed by atoms with Crippen LogP contribution in [0.5, 0.6) is 0 Å². The fraction of sp³-hybridized carbons (Fsp3) is 0.500. The summed E-state index contributed by atoms with van der Waals surface area (Å²) in [6.07, 6.45) is 1.70. The normalized spacial score (nSPS) is 14.8. The average molecular weight is 234 g/mol. The van der Waals surface area contributed by atoms with Crippen molar-refractivity contribution in [3.8, 4) is 0 Å². The van der Waals surface area contributed by atoms with Crippen LogP contribution in [0.2, 0.25) is 0 Å². The second kappa shape index (κ2) is 4.71. The zero-order valence-corrected chi connectivity index (χ0v) is 10.6. The second-order valence-electron chi connectivity index (χ2n) is 4.36. The fourth-order valence-electron chi connectivity index (χ4n) is 1.90. The predicted molar refractivity (Wildman–Crippen MR) is 64.4 cm³/mol. The largest absolute Gasteiger partial charge is 0.465 e. The van der Waals surface area contributed by atoms with Gasteiger partial charge in [0, 0.05) is 7.05 Å². The molecule has 17 heavy (non-hydrogen) atoms. The van der Waals surface area contributed by atoms with E-state index in [1.165, 1.54) is 0 Å². The summed E-state index contributed by atoms with van der Waals surface area (Å²) in [7, 11) is 1.94. The van der Waals surface area contributed by atoms with Gasteiger partial charge in [0.25, 0.3) is 0 Å². The first-order chi connectivity index (χ1) is 8.08. The maximum absolute atomic E-state index is 5.59. The van der Waals surface area contributed by atoms with Gasteiger partial charge in [0.05, 0.1) is 12.1 Å². The van der Waals surface area contributed by atoms with Gasteiger partial charge < -0.3 is 8.98 Å². The quantitative estimate of drug-likeness (QED) is 0.880. The van der Waals surface area contributed by atoms with E-state index >= 15 is 0 Å². The smallest absolute Gasteiger partial charge is 0.149 e. The lowest BCUT2D eigenvalue weighted by atomic mass is 10.2. The molecule has 0 spiro atoms. The van der Waals surface area contributed by atoms with Crippen LogP contribution in [0.1, 0.15) is 43.3 Å². The van der Waals surface area contributed by atoms with Crippen LogP contribution in [-0.4, -0.2) is 14.8 Å². The molecule has 0 aliphatic heterocycles. The molecule has 2 rings (SSSR count). The van der Waals surface area contributed by atoms with Gasteiger partial charge in [-0.25, -0.2) is 0 Å². The Hall–Kier alpha value is -1.62. The second-order valence-corrected chi connectivity index (χ2v) is 4.36. The van der Waals surface area contributed by atoms with Crippen molar-refractivity contribution >= 4 is 0 Å². The van der Waals surface area contributed by atoms with Crippen LogP contribution in [0, 0.1) is 6.92 Å². The van der Waals surface area contributed by atoms with Gasteiger partial charge in [-0.2, -0.15) is 0 Å². The van der Waals surface area contributed by atoms with Crippen molar-refractivity contribution < 1.29 is 4.42 Å². The topological polar surface area (TPSA) is 55.9 Å². The first kappa shape index (κ1) is 11.9. The Kier molecular flexibility index (Phi) is 3.28. The fourth-order valence-corrected chi connectivity index (χ4v) is 1.90. The molecule has 2 unspecified atom stereocenters. The molecular weight excluding hydrogens is 216 g/mol. The van der Waals surface area contributed by atoms with E-state index in [1.807, 2.05) is 30.7 Å². The summed E-state index contributed by atoms with van der Waals surface area (Å²) in [6, 6.07) is 4.25. The van der Waals surface area contributed by atoms with Crippen molar-refractivity contribution in [2.24, 2.45) is 7.05 Å². The van der Waals surface area contributed by atoms with Gasteiger partial charge in [0.1, 0.15) is 23.7 Å². The van der Waals surface area contributed by atoms with Crippen molar-refractivity contribution in [2.45, 2.75) is 32.9 Å².